The number of rotatable bonds is 6. The van der Waals surface area contributed by atoms with Gasteiger partial charge in [0.15, 0.2) is 0 Å². The number of hydrogen-bond donors (Lipinski definition) is 1. The number of thiazole rings is 1. The van der Waals surface area contributed by atoms with Crippen molar-refractivity contribution in [2.45, 2.75) is 19.9 Å². The molecule has 8 heteroatoms. The zero-order valence-electron chi connectivity index (χ0n) is 16.8. The molecule has 1 saturated heterocycles. The van der Waals surface area contributed by atoms with Crippen LogP contribution in [0, 0.1) is 6.92 Å². The van der Waals surface area contributed by atoms with Gasteiger partial charge < -0.3 is 10.2 Å². The van der Waals surface area contributed by atoms with Crippen molar-refractivity contribution in [3.63, 3.8) is 0 Å². The number of carbonyl (C=O) groups excluding carboxylic acids is 2. The van der Waals surface area contributed by atoms with E-state index in [-0.39, 0.29) is 18.2 Å². The Labute approximate surface area is 184 Å². The molecule has 0 saturated carbocycles. The molecule has 3 heterocycles. The monoisotopic (exact) mass is 440 g/mol. The van der Waals surface area contributed by atoms with E-state index in [2.05, 4.69) is 15.2 Å². The van der Waals surface area contributed by atoms with Crippen LogP contribution in [-0.2, 0) is 17.8 Å². The summed E-state index contributed by atoms with van der Waals surface area (Å²) in [5.41, 5.74) is 2.95. The van der Waals surface area contributed by atoms with E-state index in [1.807, 2.05) is 59.0 Å². The summed E-state index contributed by atoms with van der Waals surface area (Å²) in [6.45, 7) is 5.89. The second kappa shape index (κ2) is 9.51. The lowest BCUT2D eigenvalue weighted by Gasteiger charge is -2.34. The standard InChI is InChI=1S/C22H24N4O2S2/c1-16-4-6-17(7-5-16)23-20(27)13-21-24-18(15-30-21)14-25-8-10-26(11-9-25)22(28)19-3-2-12-29-19/h2-7,12,15H,8-11,13-14H2,1H3,(H,23,27). The molecule has 3 aromatic rings. The molecule has 1 fully saturated rings. The van der Waals surface area contributed by atoms with Crippen molar-refractivity contribution in [2.24, 2.45) is 0 Å². The van der Waals surface area contributed by atoms with Gasteiger partial charge in [0.25, 0.3) is 5.91 Å². The van der Waals surface area contributed by atoms with Gasteiger partial charge in [0.1, 0.15) is 5.01 Å². The Kier molecular flexibility index (Phi) is 6.56. The number of nitrogens with zero attached hydrogens (tertiary/aromatic N) is 3. The number of nitrogens with one attached hydrogen (secondary N) is 1. The average Bonchev–Trinajstić information content (AvgIpc) is 3.42. The zero-order chi connectivity index (χ0) is 20.9. The second-order valence-corrected chi connectivity index (χ2v) is 9.26. The predicted octanol–water partition coefficient (Wildman–Crippen LogP) is 3.65. The molecular weight excluding hydrogens is 416 g/mol. The molecule has 0 spiro atoms. The quantitative estimate of drug-likeness (QED) is 0.635. The molecule has 1 aromatic carbocycles. The number of thiophene rings is 1. The molecule has 6 nitrogen and oxygen atoms in total. The van der Waals surface area contributed by atoms with Gasteiger partial charge in [-0.05, 0) is 30.5 Å². The van der Waals surface area contributed by atoms with Gasteiger partial charge in [-0.25, -0.2) is 4.98 Å². The van der Waals surface area contributed by atoms with E-state index < -0.39 is 0 Å². The van der Waals surface area contributed by atoms with E-state index in [1.54, 1.807) is 0 Å². The number of carbonyl (C=O) groups is 2. The summed E-state index contributed by atoms with van der Waals surface area (Å²) in [5.74, 6) is 0.0700. The van der Waals surface area contributed by atoms with Gasteiger partial charge in [0, 0.05) is 43.8 Å². The van der Waals surface area contributed by atoms with Gasteiger partial charge >= 0.3 is 0 Å². The summed E-state index contributed by atoms with van der Waals surface area (Å²) in [4.78, 5) is 34.4. The molecule has 0 unspecified atom stereocenters. The minimum atomic E-state index is -0.0551. The molecule has 2 aromatic heterocycles. The molecular formula is C22H24N4O2S2. The first-order chi connectivity index (χ1) is 14.6. The minimum Gasteiger partial charge on any atom is -0.335 e. The van der Waals surface area contributed by atoms with Crippen LogP contribution in [0.1, 0.15) is 25.9 Å². The fraction of sp³-hybridized carbons (Fsp3) is 0.318. The molecule has 1 aliphatic heterocycles. The Morgan fingerprint density at radius 1 is 1.07 bits per heavy atom. The number of anilines is 1. The number of hydrogen-bond acceptors (Lipinski definition) is 6. The Balaban J connectivity index is 1.24. The van der Waals surface area contributed by atoms with Crippen LogP contribution in [0.4, 0.5) is 5.69 Å². The first-order valence-electron chi connectivity index (χ1n) is 9.92. The van der Waals surface area contributed by atoms with Crippen molar-refractivity contribution in [3.05, 3.63) is 68.3 Å². The summed E-state index contributed by atoms with van der Waals surface area (Å²) in [7, 11) is 0. The number of aromatic nitrogens is 1. The van der Waals surface area contributed by atoms with E-state index in [1.165, 1.54) is 22.7 Å². The topological polar surface area (TPSA) is 65.5 Å². The largest absolute Gasteiger partial charge is 0.335 e. The van der Waals surface area contributed by atoms with Crippen molar-refractivity contribution >= 4 is 40.2 Å². The van der Waals surface area contributed by atoms with Crippen LogP contribution >= 0.6 is 22.7 Å². The van der Waals surface area contributed by atoms with Gasteiger partial charge in [-0.1, -0.05) is 23.8 Å². The van der Waals surface area contributed by atoms with E-state index in [0.717, 1.165) is 59.6 Å². The molecule has 0 atom stereocenters. The van der Waals surface area contributed by atoms with Crippen LogP contribution in [0.5, 0.6) is 0 Å². The van der Waals surface area contributed by atoms with Crippen LogP contribution in [0.3, 0.4) is 0 Å². The highest BCUT2D eigenvalue weighted by atomic mass is 32.1. The van der Waals surface area contributed by atoms with Gasteiger partial charge in [-0.2, -0.15) is 0 Å². The van der Waals surface area contributed by atoms with Crippen LogP contribution in [0.2, 0.25) is 0 Å². The highest BCUT2D eigenvalue weighted by Gasteiger charge is 2.23. The Morgan fingerprint density at radius 2 is 1.83 bits per heavy atom. The van der Waals surface area contributed by atoms with Crippen molar-refractivity contribution in [1.82, 2.24) is 14.8 Å². The fourth-order valence-corrected chi connectivity index (χ4v) is 4.85. The minimum absolute atomic E-state index is 0.0551. The van der Waals surface area contributed by atoms with Gasteiger partial charge in [0.05, 0.1) is 17.0 Å². The average molecular weight is 441 g/mol. The first kappa shape index (κ1) is 20.7. The van der Waals surface area contributed by atoms with Crippen LogP contribution in [0.15, 0.2) is 47.2 Å². The SMILES string of the molecule is Cc1ccc(NC(=O)Cc2nc(CN3CCN(C(=O)c4cccs4)CC3)cs2)cc1. The third-order valence-corrected chi connectivity index (χ3v) is 6.78. The lowest BCUT2D eigenvalue weighted by molar-refractivity contribution is -0.115. The molecule has 0 bridgehead atoms. The van der Waals surface area contributed by atoms with Gasteiger partial charge in [0.2, 0.25) is 5.91 Å². The highest BCUT2D eigenvalue weighted by Crippen LogP contribution is 2.17. The van der Waals surface area contributed by atoms with Crippen molar-refractivity contribution in [2.75, 3.05) is 31.5 Å². The normalized spacial score (nSPS) is 14.6. The summed E-state index contributed by atoms with van der Waals surface area (Å²) in [6.07, 6.45) is 0.279. The predicted molar refractivity (Wildman–Crippen MR) is 121 cm³/mol. The summed E-state index contributed by atoms with van der Waals surface area (Å²) < 4.78 is 0. The Bertz CT molecular complexity index is 991. The number of aryl methyl sites for hydroxylation is 1. The van der Waals surface area contributed by atoms with Crippen LogP contribution in [0.25, 0.3) is 0 Å². The van der Waals surface area contributed by atoms with Crippen LogP contribution in [-0.4, -0.2) is 52.8 Å². The summed E-state index contributed by atoms with van der Waals surface area (Å²) in [6, 6.07) is 11.6. The van der Waals surface area contributed by atoms with Gasteiger partial charge in [-0.15, -0.1) is 22.7 Å². The molecule has 1 N–H and O–H groups in total. The van der Waals surface area contributed by atoms with E-state index in [4.69, 9.17) is 0 Å². The third-order valence-electron chi connectivity index (χ3n) is 5.02. The van der Waals surface area contributed by atoms with Crippen molar-refractivity contribution in [3.8, 4) is 0 Å². The van der Waals surface area contributed by atoms with E-state index in [9.17, 15) is 9.59 Å². The van der Waals surface area contributed by atoms with Crippen LogP contribution < -0.4 is 5.32 Å². The fourth-order valence-electron chi connectivity index (χ4n) is 3.38. The maximum atomic E-state index is 12.4. The molecule has 0 aliphatic carbocycles. The molecule has 1 aliphatic rings. The summed E-state index contributed by atoms with van der Waals surface area (Å²) >= 11 is 3.01. The van der Waals surface area contributed by atoms with Crippen molar-refractivity contribution in [1.29, 1.82) is 0 Å². The Morgan fingerprint density at radius 3 is 2.53 bits per heavy atom. The maximum Gasteiger partial charge on any atom is 0.264 e. The lowest BCUT2D eigenvalue weighted by Crippen LogP contribution is -2.48. The highest BCUT2D eigenvalue weighted by molar-refractivity contribution is 7.12. The number of benzene rings is 1. The van der Waals surface area contributed by atoms with Crippen molar-refractivity contribution < 1.29 is 9.59 Å². The third kappa shape index (κ3) is 5.33. The van der Waals surface area contributed by atoms with E-state index >= 15 is 0 Å². The Hall–Kier alpha value is -2.55. The maximum absolute atomic E-state index is 12.4. The summed E-state index contributed by atoms with van der Waals surface area (Å²) in [5, 5.41) is 7.70. The molecule has 30 heavy (non-hydrogen) atoms. The first-order valence-corrected chi connectivity index (χ1v) is 11.7. The zero-order valence-corrected chi connectivity index (χ0v) is 18.5. The molecule has 0 radical (unpaired) electrons. The molecule has 156 valence electrons. The molecule has 2 amide bonds. The van der Waals surface area contributed by atoms with E-state index in [0.29, 0.717) is 0 Å². The smallest absolute Gasteiger partial charge is 0.264 e. The molecule has 4 rings (SSSR count). The number of piperazine rings is 1. The van der Waals surface area contributed by atoms with Gasteiger partial charge in [-0.3, -0.25) is 14.5 Å². The second-order valence-electron chi connectivity index (χ2n) is 7.37. The number of amides is 2. The lowest BCUT2D eigenvalue weighted by atomic mass is 10.2.